The van der Waals surface area contributed by atoms with Gasteiger partial charge in [0.05, 0.1) is 12.2 Å². The molecule has 6 nitrogen and oxygen atoms in total. The molecule has 1 unspecified atom stereocenters. The number of aromatic nitrogens is 2. The quantitative estimate of drug-likeness (QED) is 0.870. The molecule has 0 bridgehead atoms. The molecule has 1 aromatic carbocycles. The van der Waals surface area contributed by atoms with Crippen LogP contribution >= 0.6 is 0 Å². The maximum absolute atomic E-state index is 13.8. The van der Waals surface area contributed by atoms with Crippen molar-refractivity contribution in [2.45, 2.75) is 13.0 Å². The lowest BCUT2D eigenvalue weighted by molar-refractivity contribution is -0.0334. The summed E-state index contributed by atoms with van der Waals surface area (Å²) in [6.45, 7) is 5.24. The molecular weight excluding hydrogens is 275 g/mol. The van der Waals surface area contributed by atoms with Crippen LogP contribution in [0, 0.1) is 5.82 Å². The van der Waals surface area contributed by atoms with E-state index in [0.717, 1.165) is 13.1 Å². The number of nitrogens with two attached hydrogens (primary N) is 1. The summed E-state index contributed by atoms with van der Waals surface area (Å²) < 4.78 is 24.6. The number of hydrogen-bond acceptors (Lipinski definition) is 6. The van der Waals surface area contributed by atoms with E-state index in [2.05, 4.69) is 22.0 Å². The summed E-state index contributed by atoms with van der Waals surface area (Å²) in [7, 11) is 0. The van der Waals surface area contributed by atoms with Crippen molar-refractivity contribution in [3.63, 3.8) is 0 Å². The highest BCUT2D eigenvalue weighted by Crippen LogP contribution is 2.26. The Balaban J connectivity index is 1.84. The molecular formula is C14H17FN4O2. The third-order valence-corrected chi connectivity index (χ3v) is 3.55. The van der Waals surface area contributed by atoms with Crippen LogP contribution in [0.5, 0.6) is 0 Å². The first kappa shape index (κ1) is 14.0. The minimum absolute atomic E-state index is 0.118. The van der Waals surface area contributed by atoms with E-state index >= 15 is 0 Å². The highest BCUT2D eigenvalue weighted by Gasteiger charge is 2.26. The molecule has 1 aliphatic heterocycles. The molecule has 1 aliphatic rings. The van der Waals surface area contributed by atoms with Crippen molar-refractivity contribution in [1.82, 2.24) is 15.0 Å². The minimum Gasteiger partial charge on any atom is -0.399 e. The van der Waals surface area contributed by atoms with E-state index in [0.29, 0.717) is 24.7 Å². The van der Waals surface area contributed by atoms with Crippen molar-refractivity contribution in [3.8, 4) is 11.5 Å². The van der Waals surface area contributed by atoms with Crippen LogP contribution in [-0.2, 0) is 4.74 Å². The van der Waals surface area contributed by atoms with Crippen LogP contribution in [0.3, 0.4) is 0 Å². The van der Waals surface area contributed by atoms with Gasteiger partial charge in [0.25, 0.3) is 5.89 Å². The largest absolute Gasteiger partial charge is 0.399 e. The number of anilines is 1. The van der Waals surface area contributed by atoms with Crippen LogP contribution in [0.4, 0.5) is 10.1 Å². The lowest BCUT2D eigenvalue weighted by Crippen LogP contribution is -2.38. The molecule has 2 heterocycles. The minimum atomic E-state index is -0.445. The average Bonchev–Trinajstić information content (AvgIpc) is 2.99. The molecule has 0 aliphatic carbocycles. The van der Waals surface area contributed by atoms with Crippen molar-refractivity contribution >= 4 is 5.69 Å². The molecule has 1 fully saturated rings. The number of nitrogens with zero attached hydrogens (tertiary/aromatic N) is 3. The van der Waals surface area contributed by atoms with E-state index in [1.165, 1.54) is 18.2 Å². The molecule has 3 rings (SSSR count). The number of rotatable bonds is 3. The number of likely N-dealkylation sites (N-methyl/N-ethyl adjacent to an activating group) is 1. The fraction of sp³-hybridized carbons (Fsp3) is 0.429. The Labute approximate surface area is 121 Å². The predicted octanol–water partition coefficient (Wildman–Crippen LogP) is 1.85. The van der Waals surface area contributed by atoms with Crippen LogP contribution < -0.4 is 5.73 Å². The molecule has 2 N–H and O–H groups in total. The average molecular weight is 292 g/mol. The van der Waals surface area contributed by atoms with Crippen molar-refractivity contribution in [3.05, 3.63) is 29.8 Å². The standard InChI is InChI=1S/C14H17FN4O2/c1-2-19-5-6-20-12(8-19)13-17-14(21-18-13)10-7-9(16)3-4-11(10)15/h3-4,7,12H,2,5-6,8,16H2,1H3. The Bertz CT molecular complexity index is 631. The van der Waals surface area contributed by atoms with E-state index in [-0.39, 0.29) is 17.6 Å². The topological polar surface area (TPSA) is 77.4 Å². The van der Waals surface area contributed by atoms with E-state index in [1.807, 2.05) is 0 Å². The molecule has 0 saturated carbocycles. The second kappa shape index (κ2) is 5.79. The van der Waals surface area contributed by atoms with Gasteiger partial charge in [-0.1, -0.05) is 12.1 Å². The zero-order valence-electron chi connectivity index (χ0n) is 11.8. The third-order valence-electron chi connectivity index (χ3n) is 3.55. The first-order valence-corrected chi connectivity index (χ1v) is 6.90. The van der Waals surface area contributed by atoms with Crippen LogP contribution in [-0.4, -0.2) is 41.3 Å². The van der Waals surface area contributed by atoms with Crippen LogP contribution in [0.2, 0.25) is 0 Å². The Morgan fingerprint density at radius 3 is 3.14 bits per heavy atom. The van der Waals surface area contributed by atoms with E-state index in [1.54, 1.807) is 0 Å². The smallest absolute Gasteiger partial charge is 0.261 e. The van der Waals surface area contributed by atoms with Gasteiger partial charge in [-0.2, -0.15) is 4.98 Å². The predicted molar refractivity (Wildman–Crippen MR) is 74.9 cm³/mol. The van der Waals surface area contributed by atoms with Gasteiger partial charge in [0, 0.05) is 18.8 Å². The molecule has 2 aromatic rings. The molecule has 1 saturated heterocycles. The van der Waals surface area contributed by atoms with Gasteiger partial charge >= 0.3 is 0 Å². The first-order chi connectivity index (χ1) is 10.2. The number of hydrogen-bond donors (Lipinski definition) is 1. The Morgan fingerprint density at radius 2 is 2.33 bits per heavy atom. The van der Waals surface area contributed by atoms with E-state index in [9.17, 15) is 4.39 Å². The molecule has 1 aromatic heterocycles. The summed E-state index contributed by atoms with van der Waals surface area (Å²) in [5, 5.41) is 3.91. The summed E-state index contributed by atoms with van der Waals surface area (Å²) in [5.41, 5.74) is 6.31. The summed E-state index contributed by atoms with van der Waals surface area (Å²) >= 11 is 0. The summed E-state index contributed by atoms with van der Waals surface area (Å²) in [4.78, 5) is 6.49. The van der Waals surface area contributed by atoms with Crippen molar-refractivity contribution in [1.29, 1.82) is 0 Å². The number of benzene rings is 1. The molecule has 0 spiro atoms. The van der Waals surface area contributed by atoms with Gasteiger partial charge in [-0.15, -0.1) is 0 Å². The fourth-order valence-electron chi connectivity index (χ4n) is 2.33. The highest BCUT2D eigenvalue weighted by atomic mass is 19.1. The van der Waals surface area contributed by atoms with E-state index in [4.69, 9.17) is 15.0 Å². The lowest BCUT2D eigenvalue weighted by atomic mass is 10.2. The third kappa shape index (κ3) is 2.88. The lowest BCUT2D eigenvalue weighted by Gasteiger charge is -2.30. The molecule has 21 heavy (non-hydrogen) atoms. The maximum atomic E-state index is 13.8. The number of ether oxygens (including phenoxy) is 1. The van der Waals surface area contributed by atoms with Gasteiger partial charge < -0.3 is 15.0 Å². The SMILES string of the molecule is CCN1CCOC(c2noc(-c3cc(N)ccc3F)n2)C1. The highest BCUT2D eigenvalue weighted by molar-refractivity contribution is 5.60. The van der Waals surface area contributed by atoms with Crippen LogP contribution in [0.15, 0.2) is 22.7 Å². The maximum Gasteiger partial charge on any atom is 0.261 e. The number of morpholine rings is 1. The Hall–Kier alpha value is -1.99. The number of halogens is 1. The molecule has 7 heteroatoms. The van der Waals surface area contributed by atoms with Gasteiger partial charge in [-0.25, -0.2) is 4.39 Å². The van der Waals surface area contributed by atoms with Gasteiger partial charge in [0.2, 0.25) is 5.82 Å². The molecule has 0 amide bonds. The summed E-state index contributed by atoms with van der Waals surface area (Å²) in [6.07, 6.45) is -0.250. The van der Waals surface area contributed by atoms with Crippen LogP contribution in [0.1, 0.15) is 18.9 Å². The first-order valence-electron chi connectivity index (χ1n) is 6.90. The zero-order chi connectivity index (χ0) is 14.8. The van der Waals surface area contributed by atoms with Crippen LogP contribution in [0.25, 0.3) is 11.5 Å². The molecule has 0 radical (unpaired) electrons. The van der Waals surface area contributed by atoms with Gasteiger partial charge in [0.15, 0.2) is 0 Å². The Morgan fingerprint density at radius 1 is 1.48 bits per heavy atom. The second-order valence-corrected chi connectivity index (χ2v) is 4.95. The monoisotopic (exact) mass is 292 g/mol. The number of nitrogen functional groups attached to an aromatic ring is 1. The fourth-order valence-corrected chi connectivity index (χ4v) is 2.33. The van der Waals surface area contributed by atoms with Crippen molar-refractivity contribution in [2.75, 3.05) is 32.0 Å². The van der Waals surface area contributed by atoms with Crippen molar-refractivity contribution < 1.29 is 13.7 Å². The molecule has 112 valence electrons. The molecule has 1 atom stereocenters. The van der Waals surface area contributed by atoms with E-state index < -0.39 is 5.82 Å². The summed E-state index contributed by atoms with van der Waals surface area (Å²) in [5.74, 6) is 0.108. The summed E-state index contributed by atoms with van der Waals surface area (Å²) in [6, 6.07) is 4.25. The normalized spacial score (nSPS) is 19.8. The van der Waals surface area contributed by atoms with Crippen molar-refractivity contribution in [2.24, 2.45) is 0 Å². The zero-order valence-corrected chi connectivity index (χ0v) is 11.8. The second-order valence-electron chi connectivity index (χ2n) is 4.95. The van der Waals surface area contributed by atoms with Gasteiger partial charge in [-0.3, -0.25) is 4.90 Å². The Kier molecular flexibility index (Phi) is 3.85. The van der Waals surface area contributed by atoms with Gasteiger partial charge in [0.1, 0.15) is 11.9 Å². The van der Waals surface area contributed by atoms with Gasteiger partial charge in [-0.05, 0) is 24.7 Å².